The van der Waals surface area contributed by atoms with Crippen molar-refractivity contribution in [2.24, 2.45) is 13.0 Å². The lowest BCUT2D eigenvalue weighted by atomic mass is 10.0. The van der Waals surface area contributed by atoms with Crippen LogP contribution < -0.4 is 10.9 Å². The van der Waals surface area contributed by atoms with E-state index in [9.17, 15) is 14.4 Å². The van der Waals surface area contributed by atoms with Gasteiger partial charge in [0.2, 0.25) is 5.71 Å². The number of nitrogens with zero attached hydrogens (tertiary/aromatic N) is 2. The summed E-state index contributed by atoms with van der Waals surface area (Å²) in [6.07, 6.45) is 1.30. The molecule has 0 bridgehead atoms. The second-order valence-electron chi connectivity index (χ2n) is 5.41. The molecule has 1 amide bonds. The Hall–Kier alpha value is -2.64. The molecule has 0 saturated heterocycles. The third-order valence-electron chi connectivity index (χ3n) is 3.39. The van der Waals surface area contributed by atoms with Crippen molar-refractivity contribution in [1.29, 1.82) is 0 Å². The normalized spacial score (nSPS) is 12.6. The number of carboxylic acid groups (broad SMARTS) is 1. The number of amides is 1. The highest BCUT2D eigenvalue weighted by molar-refractivity contribution is 6.07. The number of carbonyl (C=O) groups is 2. The quantitative estimate of drug-likeness (QED) is 0.858. The van der Waals surface area contributed by atoms with E-state index in [2.05, 4.69) is 10.3 Å². The molecule has 0 aliphatic heterocycles. The van der Waals surface area contributed by atoms with E-state index in [1.165, 1.54) is 24.9 Å². The Morgan fingerprint density at radius 3 is 2.59 bits per heavy atom. The molecule has 0 aromatic carbocycles. The maximum absolute atomic E-state index is 12.4. The van der Waals surface area contributed by atoms with Gasteiger partial charge in [-0.2, -0.15) is 0 Å². The molecular weight excluding hydrogens is 290 g/mol. The molecule has 0 aliphatic rings. The molecule has 2 N–H and O–H groups in total. The van der Waals surface area contributed by atoms with Gasteiger partial charge in [-0.1, -0.05) is 13.8 Å². The number of carbonyl (C=O) groups excluding carboxylic acids is 1. The lowest BCUT2D eigenvalue weighted by Gasteiger charge is -2.17. The van der Waals surface area contributed by atoms with E-state index in [1.807, 2.05) is 0 Å². The fourth-order valence-corrected chi connectivity index (χ4v) is 2.19. The van der Waals surface area contributed by atoms with Crippen molar-refractivity contribution in [3.05, 3.63) is 28.0 Å². The molecule has 1 atom stereocenters. The first-order valence-electron chi connectivity index (χ1n) is 6.72. The number of aryl methyl sites for hydroxylation is 2. The van der Waals surface area contributed by atoms with Crippen molar-refractivity contribution in [2.45, 2.75) is 26.8 Å². The Bertz CT molecular complexity index is 803. The predicted octanol–water partition coefficient (Wildman–Crippen LogP) is 0.674. The Morgan fingerprint density at radius 1 is 1.41 bits per heavy atom. The van der Waals surface area contributed by atoms with Gasteiger partial charge in [0.05, 0.1) is 5.56 Å². The molecule has 8 nitrogen and oxygen atoms in total. The fourth-order valence-electron chi connectivity index (χ4n) is 2.19. The zero-order valence-corrected chi connectivity index (χ0v) is 12.7. The van der Waals surface area contributed by atoms with Crippen LogP contribution in [-0.4, -0.2) is 32.6 Å². The zero-order chi connectivity index (χ0) is 16.6. The van der Waals surface area contributed by atoms with Gasteiger partial charge in [0.15, 0.2) is 0 Å². The van der Waals surface area contributed by atoms with Crippen molar-refractivity contribution in [3.8, 4) is 0 Å². The summed E-state index contributed by atoms with van der Waals surface area (Å²) < 4.78 is 6.55. The molecular formula is C14H17N3O5. The molecule has 22 heavy (non-hydrogen) atoms. The van der Waals surface area contributed by atoms with Crippen molar-refractivity contribution in [3.63, 3.8) is 0 Å². The number of furan rings is 1. The van der Waals surface area contributed by atoms with E-state index < -0.39 is 23.5 Å². The number of hydrogen-bond acceptors (Lipinski definition) is 5. The first-order valence-corrected chi connectivity index (χ1v) is 6.72. The highest BCUT2D eigenvalue weighted by atomic mass is 16.4. The highest BCUT2D eigenvalue weighted by Gasteiger charge is 2.28. The number of aliphatic carboxylic acids is 1. The average Bonchev–Trinajstić information content (AvgIpc) is 2.76. The van der Waals surface area contributed by atoms with Crippen LogP contribution in [0.1, 0.15) is 30.0 Å². The van der Waals surface area contributed by atoms with Crippen LogP contribution in [0.4, 0.5) is 0 Å². The van der Waals surface area contributed by atoms with Crippen molar-refractivity contribution in [1.82, 2.24) is 14.9 Å². The SMILES string of the molecule is Cc1oc2ncn(C)c(=O)c2c1C(=O)NC(C(=O)O)C(C)C. The number of carboxylic acids is 1. The summed E-state index contributed by atoms with van der Waals surface area (Å²) in [4.78, 5) is 39.8. The van der Waals surface area contributed by atoms with Gasteiger partial charge in [-0.15, -0.1) is 0 Å². The van der Waals surface area contributed by atoms with Crippen LogP contribution in [0.3, 0.4) is 0 Å². The molecule has 2 heterocycles. The Balaban J connectivity index is 2.53. The Kier molecular flexibility index (Phi) is 4.03. The van der Waals surface area contributed by atoms with E-state index in [0.29, 0.717) is 0 Å². The summed E-state index contributed by atoms with van der Waals surface area (Å²) in [7, 11) is 1.51. The van der Waals surface area contributed by atoms with Crippen LogP contribution in [0.15, 0.2) is 15.5 Å². The van der Waals surface area contributed by atoms with E-state index >= 15 is 0 Å². The maximum atomic E-state index is 12.4. The molecule has 118 valence electrons. The van der Waals surface area contributed by atoms with Gasteiger partial charge in [0.1, 0.15) is 23.5 Å². The molecule has 0 fully saturated rings. The van der Waals surface area contributed by atoms with Crippen molar-refractivity contribution in [2.75, 3.05) is 0 Å². The van der Waals surface area contributed by atoms with Gasteiger partial charge in [-0.3, -0.25) is 9.59 Å². The second-order valence-corrected chi connectivity index (χ2v) is 5.41. The summed E-state index contributed by atoms with van der Waals surface area (Å²) in [6, 6.07) is -1.06. The highest BCUT2D eigenvalue weighted by Crippen LogP contribution is 2.21. The van der Waals surface area contributed by atoms with Gasteiger partial charge < -0.3 is 19.4 Å². The second kappa shape index (κ2) is 5.63. The molecule has 2 aromatic rings. The van der Waals surface area contributed by atoms with Gasteiger partial charge >= 0.3 is 5.97 Å². The Morgan fingerprint density at radius 2 is 2.05 bits per heavy atom. The summed E-state index contributed by atoms with van der Waals surface area (Å²) in [6.45, 7) is 4.89. The van der Waals surface area contributed by atoms with Gasteiger partial charge in [-0.25, -0.2) is 9.78 Å². The first-order chi connectivity index (χ1) is 10.2. The van der Waals surface area contributed by atoms with Crippen LogP contribution in [0.25, 0.3) is 11.1 Å². The summed E-state index contributed by atoms with van der Waals surface area (Å²) in [5, 5.41) is 11.6. The van der Waals surface area contributed by atoms with Crippen LogP contribution in [0, 0.1) is 12.8 Å². The van der Waals surface area contributed by atoms with Gasteiger partial charge in [0, 0.05) is 7.05 Å². The summed E-state index contributed by atoms with van der Waals surface area (Å²) >= 11 is 0. The minimum atomic E-state index is -1.14. The molecule has 0 spiro atoms. The Labute approximate surface area is 125 Å². The number of nitrogens with one attached hydrogen (secondary N) is 1. The minimum absolute atomic E-state index is 0.0237. The predicted molar refractivity (Wildman–Crippen MR) is 77.7 cm³/mol. The van der Waals surface area contributed by atoms with E-state index in [4.69, 9.17) is 9.52 Å². The molecule has 2 rings (SSSR count). The third kappa shape index (κ3) is 2.59. The van der Waals surface area contributed by atoms with Gasteiger partial charge in [0.25, 0.3) is 11.5 Å². The monoisotopic (exact) mass is 307 g/mol. The van der Waals surface area contributed by atoms with Crippen LogP contribution >= 0.6 is 0 Å². The number of hydrogen-bond donors (Lipinski definition) is 2. The average molecular weight is 307 g/mol. The number of fused-ring (bicyclic) bond motifs is 1. The minimum Gasteiger partial charge on any atom is -0.480 e. The van der Waals surface area contributed by atoms with E-state index in [1.54, 1.807) is 13.8 Å². The summed E-state index contributed by atoms with van der Waals surface area (Å²) in [5.41, 5.74) is -0.346. The standard InChI is InChI=1S/C14H17N3O5/c1-6(2)10(14(20)21)16-11(18)8-7(3)22-12-9(8)13(19)17(4)5-15-12/h5-6,10H,1-4H3,(H,16,18)(H,20,21). The largest absolute Gasteiger partial charge is 0.480 e. The van der Waals surface area contributed by atoms with Crippen molar-refractivity contribution < 1.29 is 19.1 Å². The molecule has 2 aromatic heterocycles. The maximum Gasteiger partial charge on any atom is 0.326 e. The topological polar surface area (TPSA) is 114 Å². The molecule has 0 aliphatic carbocycles. The molecule has 0 saturated carbocycles. The van der Waals surface area contributed by atoms with Crippen LogP contribution in [0.5, 0.6) is 0 Å². The van der Waals surface area contributed by atoms with E-state index in [0.717, 1.165) is 0 Å². The summed E-state index contributed by atoms with van der Waals surface area (Å²) in [5.74, 6) is -1.89. The molecule has 0 radical (unpaired) electrons. The lowest BCUT2D eigenvalue weighted by Crippen LogP contribution is -2.44. The lowest BCUT2D eigenvalue weighted by molar-refractivity contribution is -0.140. The zero-order valence-electron chi connectivity index (χ0n) is 12.7. The van der Waals surface area contributed by atoms with Gasteiger partial charge in [-0.05, 0) is 12.8 Å². The number of aromatic nitrogens is 2. The van der Waals surface area contributed by atoms with Crippen LogP contribution in [-0.2, 0) is 11.8 Å². The van der Waals surface area contributed by atoms with Crippen molar-refractivity contribution >= 4 is 23.0 Å². The van der Waals surface area contributed by atoms with Crippen LogP contribution in [0.2, 0.25) is 0 Å². The third-order valence-corrected chi connectivity index (χ3v) is 3.39. The molecule has 1 unspecified atom stereocenters. The molecule has 8 heteroatoms. The first kappa shape index (κ1) is 15.7. The fraction of sp³-hybridized carbons (Fsp3) is 0.429. The number of rotatable bonds is 4. The smallest absolute Gasteiger partial charge is 0.326 e. The van der Waals surface area contributed by atoms with E-state index in [-0.39, 0.29) is 28.3 Å².